The van der Waals surface area contributed by atoms with Crippen molar-refractivity contribution in [3.05, 3.63) is 33.8 Å². The van der Waals surface area contributed by atoms with Crippen molar-refractivity contribution in [1.29, 1.82) is 0 Å². The average Bonchev–Trinajstić information content (AvgIpc) is 2.46. The van der Waals surface area contributed by atoms with E-state index in [0.29, 0.717) is 33.5 Å². The Morgan fingerprint density at radius 3 is 1.70 bits per heavy atom. The molecule has 2 aromatic rings. The van der Waals surface area contributed by atoms with Gasteiger partial charge in [-0.2, -0.15) is 20.1 Å². The van der Waals surface area contributed by atoms with Gasteiger partial charge in [0.1, 0.15) is 0 Å². The summed E-state index contributed by atoms with van der Waals surface area (Å²) in [5, 5.41) is 11.6. The molecule has 1 heterocycles. The highest BCUT2D eigenvalue weighted by atomic mass is 35.5. The SMILES string of the molecule is CC(C)(C)Nc1nc(N/N=C/c2c(Cl)cccc2Cl)nc(NC(C)(C)C)n1. The van der Waals surface area contributed by atoms with E-state index < -0.39 is 0 Å². The third kappa shape index (κ3) is 7.19. The van der Waals surface area contributed by atoms with Gasteiger partial charge in [0.2, 0.25) is 17.8 Å². The topological polar surface area (TPSA) is 87.1 Å². The van der Waals surface area contributed by atoms with Crippen molar-refractivity contribution in [2.45, 2.75) is 52.6 Å². The van der Waals surface area contributed by atoms with E-state index in [1.807, 2.05) is 41.5 Å². The lowest BCUT2D eigenvalue weighted by Crippen LogP contribution is -2.30. The standard InChI is InChI=1S/C18H25Cl2N7/c1-17(2,3)25-14-22-15(26-18(4,5)6)24-16(23-14)27-21-10-11-12(19)8-7-9-13(11)20/h7-10H,1-6H3,(H3,22,23,24,25,26,27)/b21-10+. The Morgan fingerprint density at radius 1 is 0.815 bits per heavy atom. The Labute approximate surface area is 170 Å². The van der Waals surface area contributed by atoms with Gasteiger partial charge in [-0.15, -0.1) is 0 Å². The summed E-state index contributed by atoms with van der Waals surface area (Å²) in [5.74, 6) is 1.18. The molecule has 0 amide bonds. The lowest BCUT2D eigenvalue weighted by molar-refractivity contribution is 0.616. The van der Waals surface area contributed by atoms with E-state index in [2.05, 4.69) is 36.1 Å². The van der Waals surface area contributed by atoms with Crippen molar-refractivity contribution < 1.29 is 0 Å². The van der Waals surface area contributed by atoms with Crippen LogP contribution in [0.5, 0.6) is 0 Å². The molecule has 0 spiro atoms. The fourth-order valence-corrected chi connectivity index (χ4v) is 2.49. The fraction of sp³-hybridized carbons (Fsp3) is 0.444. The van der Waals surface area contributed by atoms with Gasteiger partial charge in [-0.05, 0) is 53.7 Å². The number of rotatable bonds is 5. The number of hydrogen-bond acceptors (Lipinski definition) is 7. The number of halogens is 2. The second-order valence-corrected chi connectivity index (χ2v) is 8.88. The van der Waals surface area contributed by atoms with Crippen LogP contribution in [0.1, 0.15) is 47.1 Å². The van der Waals surface area contributed by atoms with Crippen LogP contribution in [-0.4, -0.2) is 32.2 Å². The van der Waals surface area contributed by atoms with Gasteiger partial charge < -0.3 is 10.6 Å². The van der Waals surface area contributed by atoms with Crippen molar-refractivity contribution in [2.24, 2.45) is 5.10 Å². The van der Waals surface area contributed by atoms with Crippen LogP contribution in [0.3, 0.4) is 0 Å². The summed E-state index contributed by atoms with van der Waals surface area (Å²) in [6, 6.07) is 5.26. The summed E-state index contributed by atoms with van der Waals surface area (Å²) in [5.41, 5.74) is 3.02. The first-order valence-electron chi connectivity index (χ1n) is 8.48. The minimum absolute atomic E-state index is 0.202. The molecule has 0 saturated carbocycles. The van der Waals surface area contributed by atoms with Gasteiger partial charge in [0.05, 0.1) is 16.3 Å². The van der Waals surface area contributed by atoms with Crippen LogP contribution in [0.15, 0.2) is 23.3 Å². The highest BCUT2D eigenvalue weighted by Gasteiger charge is 2.17. The molecule has 3 N–H and O–H groups in total. The van der Waals surface area contributed by atoms with Crippen molar-refractivity contribution >= 4 is 47.3 Å². The van der Waals surface area contributed by atoms with E-state index in [0.717, 1.165) is 0 Å². The van der Waals surface area contributed by atoms with E-state index in [1.54, 1.807) is 18.2 Å². The lowest BCUT2D eigenvalue weighted by Gasteiger charge is -2.23. The molecule has 27 heavy (non-hydrogen) atoms. The molecule has 0 bridgehead atoms. The first-order valence-corrected chi connectivity index (χ1v) is 9.24. The average molecular weight is 410 g/mol. The second-order valence-electron chi connectivity index (χ2n) is 8.06. The highest BCUT2D eigenvalue weighted by molar-refractivity contribution is 6.38. The van der Waals surface area contributed by atoms with Crippen molar-refractivity contribution in [3.63, 3.8) is 0 Å². The van der Waals surface area contributed by atoms with Gasteiger partial charge in [-0.25, -0.2) is 5.43 Å². The van der Waals surface area contributed by atoms with Gasteiger partial charge in [0.25, 0.3) is 0 Å². The summed E-state index contributed by atoms with van der Waals surface area (Å²) in [7, 11) is 0. The van der Waals surface area contributed by atoms with Gasteiger partial charge >= 0.3 is 0 Å². The Bertz CT molecular complexity index is 769. The van der Waals surface area contributed by atoms with E-state index in [9.17, 15) is 0 Å². The van der Waals surface area contributed by atoms with E-state index in [4.69, 9.17) is 23.2 Å². The van der Waals surface area contributed by atoms with Crippen LogP contribution in [0.2, 0.25) is 10.0 Å². The van der Waals surface area contributed by atoms with Crippen LogP contribution < -0.4 is 16.1 Å². The second kappa shape index (κ2) is 8.27. The monoisotopic (exact) mass is 409 g/mol. The molecular weight excluding hydrogens is 385 g/mol. The minimum Gasteiger partial charge on any atom is -0.349 e. The molecule has 1 aromatic carbocycles. The van der Waals surface area contributed by atoms with Gasteiger partial charge in [0.15, 0.2) is 0 Å². The predicted octanol–water partition coefficient (Wildman–Crippen LogP) is 5.05. The zero-order chi connectivity index (χ0) is 20.2. The van der Waals surface area contributed by atoms with Crippen LogP contribution in [-0.2, 0) is 0 Å². The molecule has 0 radical (unpaired) electrons. The van der Waals surface area contributed by atoms with Crippen LogP contribution >= 0.6 is 23.2 Å². The van der Waals surface area contributed by atoms with Crippen LogP contribution in [0, 0.1) is 0 Å². The summed E-state index contributed by atoms with van der Waals surface area (Å²) >= 11 is 12.3. The number of hydrazone groups is 1. The van der Waals surface area contributed by atoms with Crippen molar-refractivity contribution in [2.75, 3.05) is 16.1 Å². The quantitative estimate of drug-likeness (QED) is 0.473. The fourth-order valence-electron chi connectivity index (χ4n) is 2.00. The number of nitrogens with one attached hydrogen (secondary N) is 3. The zero-order valence-electron chi connectivity index (χ0n) is 16.4. The highest BCUT2D eigenvalue weighted by Crippen LogP contribution is 2.22. The minimum atomic E-state index is -0.202. The summed E-state index contributed by atoms with van der Waals surface area (Å²) in [4.78, 5) is 13.1. The number of aromatic nitrogens is 3. The molecule has 0 fully saturated rings. The third-order valence-corrected chi connectivity index (χ3v) is 3.63. The Morgan fingerprint density at radius 2 is 1.26 bits per heavy atom. The summed E-state index contributed by atoms with van der Waals surface area (Å²) < 4.78 is 0. The summed E-state index contributed by atoms with van der Waals surface area (Å²) in [6.07, 6.45) is 1.53. The molecule has 0 aliphatic rings. The molecule has 0 unspecified atom stereocenters. The normalized spacial score (nSPS) is 12.3. The molecule has 0 atom stereocenters. The smallest absolute Gasteiger partial charge is 0.250 e. The van der Waals surface area contributed by atoms with Crippen LogP contribution in [0.4, 0.5) is 17.8 Å². The van der Waals surface area contributed by atoms with Crippen molar-refractivity contribution in [3.8, 4) is 0 Å². The number of anilines is 3. The molecule has 0 saturated heterocycles. The van der Waals surface area contributed by atoms with E-state index in [1.165, 1.54) is 6.21 Å². The number of hydrogen-bond donors (Lipinski definition) is 3. The first kappa shape index (κ1) is 21.2. The summed E-state index contributed by atoms with van der Waals surface area (Å²) in [6.45, 7) is 12.2. The molecule has 0 aliphatic carbocycles. The Kier molecular flexibility index (Phi) is 6.49. The van der Waals surface area contributed by atoms with Crippen LogP contribution in [0.25, 0.3) is 0 Å². The molecule has 7 nitrogen and oxygen atoms in total. The first-order chi connectivity index (χ1) is 12.4. The van der Waals surface area contributed by atoms with Gasteiger partial charge in [-0.1, -0.05) is 29.3 Å². The predicted molar refractivity (Wildman–Crippen MR) is 114 cm³/mol. The van der Waals surface area contributed by atoms with E-state index in [-0.39, 0.29) is 11.1 Å². The third-order valence-electron chi connectivity index (χ3n) is 2.97. The Hall–Kier alpha value is -2.12. The molecule has 1 aromatic heterocycles. The molecule has 9 heteroatoms. The maximum atomic E-state index is 6.14. The maximum absolute atomic E-state index is 6.14. The van der Waals surface area contributed by atoms with E-state index >= 15 is 0 Å². The van der Waals surface area contributed by atoms with Crippen molar-refractivity contribution in [1.82, 2.24) is 15.0 Å². The number of nitrogens with zero attached hydrogens (tertiary/aromatic N) is 4. The van der Waals surface area contributed by atoms with Gasteiger partial charge in [0, 0.05) is 16.6 Å². The molecule has 0 aliphatic heterocycles. The Balaban J connectivity index is 2.27. The maximum Gasteiger partial charge on any atom is 0.250 e. The molecule has 146 valence electrons. The zero-order valence-corrected chi connectivity index (χ0v) is 17.9. The number of benzene rings is 1. The lowest BCUT2D eigenvalue weighted by atomic mass is 10.1. The largest absolute Gasteiger partial charge is 0.349 e. The van der Waals surface area contributed by atoms with Gasteiger partial charge in [-0.3, -0.25) is 0 Å². The molecule has 2 rings (SSSR count). The molecular formula is C18H25Cl2N7.